The highest BCUT2D eigenvalue weighted by Gasteiger charge is 2.28. The number of aromatic nitrogens is 3. The molecule has 1 atom stereocenters. The van der Waals surface area contributed by atoms with E-state index in [1.165, 1.54) is 0 Å². The van der Waals surface area contributed by atoms with E-state index >= 15 is 0 Å². The van der Waals surface area contributed by atoms with Gasteiger partial charge in [0.25, 0.3) is 5.91 Å². The summed E-state index contributed by atoms with van der Waals surface area (Å²) in [5, 5.41) is 24.2. The molecule has 1 aliphatic rings. The van der Waals surface area contributed by atoms with E-state index in [1.807, 2.05) is 12.1 Å². The highest BCUT2D eigenvalue weighted by molar-refractivity contribution is 5.94. The van der Waals surface area contributed by atoms with Crippen molar-refractivity contribution in [2.24, 2.45) is 0 Å². The molecule has 0 spiro atoms. The van der Waals surface area contributed by atoms with Crippen LogP contribution in [0.5, 0.6) is 0 Å². The molecule has 0 aliphatic carbocycles. The molecule has 7 heteroatoms. The smallest absolute Gasteiger partial charge is 0.251 e. The molecule has 0 bridgehead atoms. The van der Waals surface area contributed by atoms with Crippen LogP contribution in [-0.2, 0) is 0 Å². The Labute approximate surface area is 134 Å². The van der Waals surface area contributed by atoms with E-state index in [0.717, 1.165) is 25.2 Å². The maximum Gasteiger partial charge on any atom is 0.251 e. The second-order valence-corrected chi connectivity index (χ2v) is 5.93. The summed E-state index contributed by atoms with van der Waals surface area (Å²) in [5.74, 6) is -0.175. The Kier molecular flexibility index (Phi) is 4.68. The normalized spacial score (nSPS) is 21.6. The maximum atomic E-state index is 12.2. The first-order valence-corrected chi connectivity index (χ1v) is 7.83. The number of amides is 1. The first-order chi connectivity index (χ1) is 11.2. The molecule has 0 radical (unpaired) electrons. The summed E-state index contributed by atoms with van der Waals surface area (Å²) < 4.78 is 1.77. The molecule has 3 N–H and O–H groups in total. The largest absolute Gasteiger partial charge is 0.388 e. The Morgan fingerprint density at radius 1 is 1.22 bits per heavy atom. The minimum absolute atomic E-state index is 0.175. The highest BCUT2D eigenvalue weighted by Crippen LogP contribution is 2.18. The average Bonchev–Trinajstić information content (AvgIpc) is 3.02. The van der Waals surface area contributed by atoms with Gasteiger partial charge >= 0.3 is 0 Å². The predicted molar refractivity (Wildman–Crippen MR) is 85.4 cm³/mol. The molecular weight excluding hydrogens is 294 g/mol. The quantitative estimate of drug-likeness (QED) is 0.764. The van der Waals surface area contributed by atoms with Gasteiger partial charge in [0.1, 0.15) is 12.7 Å². The van der Waals surface area contributed by atoms with Crippen LogP contribution in [0.2, 0.25) is 0 Å². The van der Waals surface area contributed by atoms with Crippen molar-refractivity contribution in [3.63, 3.8) is 0 Å². The average molecular weight is 315 g/mol. The summed E-state index contributed by atoms with van der Waals surface area (Å²) in [6, 6.07) is 7.18. The number of nitrogens with one attached hydrogen (secondary N) is 2. The van der Waals surface area contributed by atoms with Crippen LogP contribution < -0.4 is 10.6 Å². The molecule has 7 nitrogen and oxygen atoms in total. The zero-order valence-corrected chi connectivity index (χ0v) is 12.9. The van der Waals surface area contributed by atoms with Gasteiger partial charge in [-0.3, -0.25) is 9.36 Å². The Balaban J connectivity index is 1.59. The molecule has 2 aromatic rings. The lowest BCUT2D eigenvalue weighted by molar-refractivity contribution is 0.0276. The standard InChI is InChI=1S/C16H21N5O2/c22-15(18-10-16(23)6-1-8-17-9-7-16)13-2-4-14(5-3-13)21-11-19-20-12-21/h2-5,11-12,17,23H,1,6-10H2,(H,18,22)/t16-/m1/s1. The van der Waals surface area contributed by atoms with Crippen molar-refractivity contribution in [2.45, 2.75) is 24.9 Å². The van der Waals surface area contributed by atoms with Crippen LogP contribution >= 0.6 is 0 Å². The second kappa shape index (κ2) is 6.89. The third-order valence-corrected chi connectivity index (χ3v) is 4.19. The number of rotatable bonds is 4. The molecule has 1 fully saturated rings. The van der Waals surface area contributed by atoms with E-state index in [0.29, 0.717) is 18.4 Å². The lowest BCUT2D eigenvalue weighted by Gasteiger charge is -2.26. The van der Waals surface area contributed by atoms with E-state index < -0.39 is 5.60 Å². The Morgan fingerprint density at radius 3 is 2.70 bits per heavy atom. The zero-order valence-electron chi connectivity index (χ0n) is 12.9. The molecule has 1 aromatic carbocycles. The lowest BCUT2D eigenvalue weighted by Crippen LogP contribution is -2.43. The number of carbonyl (C=O) groups excluding carboxylic acids is 1. The monoisotopic (exact) mass is 315 g/mol. The van der Waals surface area contributed by atoms with Gasteiger partial charge in [0.2, 0.25) is 0 Å². The van der Waals surface area contributed by atoms with E-state index in [-0.39, 0.29) is 12.5 Å². The lowest BCUT2D eigenvalue weighted by atomic mass is 9.95. The van der Waals surface area contributed by atoms with Gasteiger partial charge in [0, 0.05) is 17.8 Å². The fourth-order valence-electron chi connectivity index (χ4n) is 2.76. The summed E-state index contributed by atoms with van der Waals surface area (Å²) in [6.07, 6.45) is 5.47. The van der Waals surface area contributed by atoms with Crippen LogP contribution in [0.4, 0.5) is 0 Å². The molecule has 1 aromatic heterocycles. The highest BCUT2D eigenvalue weighted by atomic mass is 16.3. The third-order valence-electron chi connectivity index (χ3n) is 4.19. The van der Waals surface area contributed by atoms with Crippen molar-refractivity contribution in [1.29, 1.82) is 0 Å². The predicted octanol–water partition coefficient (Wildman–Crippen LogP) is 0.502. The number of hydrogen-bond acceptors (Lipinski definition) is 5. The number of nitrogens with zero attached hydrogens (tertiary/aromatic N) is 3. The second-order valence-electron chi connectivity index (χ2n) is 5.93. The first kappa shape index (κ1) is 15.6. The van der Waals surface area contributed by atoms with Gasteiger partial charge in [0.05, 0.1) is 5.60 Å². The van der Waals surface area contributed by atoms with Crippen LogP contribution in [0.3, 0.4) is 0 Å². The van der Waals surface area contributed by atoms with Crippen molar-refractivity contribution in [3.05, 3.63) is 42.5 Å². The molecule has 1 saturated heterocycles. The molecule has 1 amide bonds. The van der Waals surface area contributed by atoms with Crippen LogP contribution in [-0.4, -0.2) is 51.0 Å². The van der Waals surface area contributed by atoms with Gasteiger partial charge in [-0.1, -0.05) is 0 Å². The minimum atomic E-state index is -0.818. The van der Waals surface area contributed by atoms with Crippen molar-refractivity contribution in [1.82, 2.24) is 25.4 Å². The number of benzene rings is 1. The van der Waals surface area contributed by atoms with Crippen LogP contribution in [0.25, 0.3) is 5.69 Å². The van der Waals surface area contributed by atoms with Gasteiger partial charge in [-0.2, -0.15) is 0 Å². The van der Waals surface area contributed by atoms with Gasteiger partial charge in [-0.15, -0.1) is 10.2 Å². The van der Waals surface area contributed by atoms with Gasteiger partial charge in [-0.25, -0.2) is 0 Å². The Bertz CT molecular complexity index is 631. The van der Waals surface area contributed by atoms with Gasteiger partial charge < -0.3 is 15.7 Å². The van der Waals surface area contributed by atoms with E-state index in [2.05, 4.69) is 20.8 Å². The minimum Gasteiger partial charge on any atom is -0.388 e. The number of carbonyl (C=O) groups is 1. The summed E-state index contributed by atoms with van der Waals surface area (Å²) in [5.41, 5.74) is 0.638. The topological polar surface area (TPSA) is 92.1 Å². The van der Waals surface area contributed by atoms with Crippen molar-refractivity contribution in [3.8, 4) is 5.69 Å². The number of aliphatic hydroxyl groups is 1. The molecule has 23 heavy (non-hydrogen) atoms. The number of hydrogen-bond donors (Lipinski definition) is 3. The third kappa shape index (κ3) is 3.94. The zero-order chi connectivity index (χ0) is 16.1. The summed E-state index contributed by atoms with van der Waals surface area (Å²) in [4.78, 5) is 12.2. The first-order valence-electron chi connectivity index (χ1n) is 7.83. The van der Waals surface area contributed by atoms with Crippen LogP contribution in [0.15, 0.2) is 36.9 Å². The van der Waals surface area contributed by atoms with Gasteiger partial charge in [-0.05, 0) is 56.6 Å². The van der Waals surface area contributed by atoms with Crippen LogP contribution in [0.1, 0.15) is 29.6 Å². The van der Waals surface area contributed by atoms with Crippen molar-refractivity contribution in [2.75, 3.05) is 19.6 Å². The van der Waals surface area contributed by atoms with Gasteiger partial charge in [0.15, 0.2) is 0 Å². The summed E-state index contributed by atoms with van der Waals surface area (Å²) in [6.45, 7) is 1.97. The molecule has 3 rings (SSSR count). The summed E-state index contributed by atoms with van der Waals surface area (Å²) >= 11 is 0. The van der Waals surface area contributed by atoms with E-state index in [4.69, 9.17) is 0 Å². The molecular formula is C16H21N5O2. The summed E-state index contributed by atoms with van der Waals surface area (Å²) in [7, 11) is 0. The van der Waals surface area contributed by atoms with Crippen LogP contribution in [0, 0.1) is 0 Å². The molecule has 2 heterocycles. The Morgan fingerprint density at radius 2 is 1.96 bits per heavy atom. The molecule has 0 saturated carbocycles. The fourth-order valence-corrected chi connectivity index (χ4v) is 2.76. The molecule has 122 valence electrons. The van der Waals surface area contributed by atoms with E-state index in [1.54, 1.807) is 29.4 Å². The Hall–Kier alpha value is -2.25. The fraction of sp³-hybridized carbons (Fsp3) is 0.438. The van der Waals surface area contributed by atoms with Crippen molar-refractivity contribution >= 4 is 5.91 Å². The maximum absolute atomic E-state index is 12.2. The molecule has 0 unspecified atom stereocenters. The molecule has 1 aliphatic heterocycles. The SMILES string of the molecule is O=C(NC[C@@]1(O)CCCNCC1)c1ccc(-n2cnnc2)cc1. The van der Waals surface area contributed by atoms with E-state index in [9.17, 15) is 9.90 Å². The van der Waals surface area contributed by atoms with Crippen molar-refractivity contribution < 1.29 is 9.90 Å².